The number of phenolic OH excluding ortho intramolecular Hbond substituents is 1. The summed E-state index contributed by atoms with van der Waals surface area (Å²) in [5, 5.41) is 23.2. The Balaban J connectivity index is 2.58. The van der Waals surface area contributed by atoms with Crippen molar-refractivity contribution in [2.75, 3.05) is 11.4 Å². The van der Waals surface area contributed by atoms with Gasteiger partial charge in [-0.25, -0.2) is 0 Å². The van der Waals surface area contributed by atoms with E-state index in [-0.39, 0.29) is 5.75 Å². The number of rotatable bonds is 3. The summed E-state index contributed by atoms with van der Waals surface area (Å²) in [5.74, 6) is 0.946. The second kappa shape index (κ2) is 5.02. The molecule has 0 radical (unpaired) electrons. The van der Waals surface area contributed by atoms with Gasteiger partial charge in [-0.15, -0.1) is 0 Å². The van der Waals surface area contributed by atoms with Gasteiger partial charge >= 0.3 is 0 Å². The Morgan fingerprint density at radius 3 is 2.79 bits per heavy atom. The van der Waals surface area contributed by atoms with Crippen molar-refractivity contribution in [1.29, 1.82) is 5.26 Å². The van der Waals surface area contributed by atoms with Gasteiger partial charge in [-0.1, -0.05) is 6.07 Å². The van der Waals surface area contributed by atoms with Crippen LogP contribution in [0.25, 0.3) is 0 Å². The first-order valence-corrected chi connectivity index (χ1v) is 6.08. The maximum Gasteiger partial charge on any atom is 0.149 e. The van der Waals surface area contributed by atoms with Crippen LogP contribution in [0.15, 0.2) is 24.3 Å². The number of nitriles is 1. The van der Waals surface area contributed by atoms with Crippen LogP contribution in [0.3, 0.4) is 0 Å². The van der Waals surface area contributed by atoms with Crippen molar-refractivity contribution >= 4 is 11.5 Å². The minimum absolute atomic E-state index is 0.202. The molecule has 1 aromatic carbocycles. The lowest BCUT2D eigenvalue weighted by Crippen LogP contribution is -2.20. The topological polar surface area (TPSA) is 65.1 Å². The van der Waals surface area contributed by atoms with Gasteiger partial charge in [-0.05, 0) is 26.0 Å². The summed E-state index contributed by atoms with van der Waals surface area (Å²) in [5.41, 5.74) is 2.10. The zero-order valence-electron chi connectivity index (χ0n) is 11.3. The number of phenols is 1. The predicted molar refractivity (Wildman–Crippen MR) is 73.4 cm³/mol. The van der Waals surface area contributed by atoms with Crippen molar-refractivity contribution < 1.29 is 5.11 Å². The van der Waals surface area contributed by atoms with Crippen LogP contribution in [-0.2, 0) is 7.05 Å². The summed E-state index contributed by atoms with van der Waals surface area (Å²) in [7, 11) is 1.81. The number of aryl methyl sites for hydroxylation is 2. The monoisotopic (exact) mass is 256 g/mol. The van der Waals surface area contributed by atoms with E-state index in [1.54, 1.807) is 22.9 Å². The van der Waals surface area contributed by atoms with Gasteiger partial charge in [-0.2, -0.15) is 10.4 Å². The molecule has 5 heteroatoms. The summed E-state index contributed by atoms with van der Waals surface area (Å²) >= 11 is 0. The second-order valence-corrected chi connectivity index (χ2v) is 4.28. The fourth-order valence-corrected chi connectivity index (χ4v) is 2.20. The maximum atomic E-state index is 9.59. The molecule has 0 bridgehead atoms. The Morgan fingerprint density at radius 2 is 2.21 bits per heavy atom. The fraction of sp³-hybridized carbons (Fsp3) is 0.286. The third kappa shape index (κ3) is 2.25. The Morgan fingerprint density at radius 1 is 1.47 bits per heavy atom. The molecule has 2 aromatic rings. The Kier molecular flexibility index (Phi) is 3.43. The van der Waals surface area contributed by atoms with Crippen LogP contribution in [0.1, 0.15) is 18.2 Å². The lowest BCUT2D eigenvalue weighted by atomic mass is 10.2. The van der Waals surface area contributed by atoms with Crippen LogP contribution in [0.4, 0.5) is 11.5 Å². The van der Waals surface area contributed by atoms with Crippen LogP contribution in [0.5, 0.6) is 5.75 Å². The van der Waals surface area contributed by atoms with E-state index in [0.717, 1.165) is 11.5 Å². The molecule has 98 valence electrons. The highest BCUT2D eigenvalue weighted by Crippen LogP contribution is 2.30. The highest BCUT2D eigenvalue weighted by molar-refractivity contribution is 5.68. The lowest BCUT2D eigenvalue weighted by Gasteiger charge is -2.23. The first-order chi connectivity index (χ1) is 9.08. The molecule has 0 spiro atoms. The van der Waals surface area contributed by atoms with Crippen LogP contribution >= 0.6 is 0 Å². The lowest BCUT2D eigenvalue weighted by molar-refractivity contribution is 0.475. The molecule has 1 heterocycles. The van der Waals surface area contributed by atoms with E-state index >= 15 is 0 Å². The van der Waals surface area contributed by atoms with Crippen LogP contribution in [0.2, 0.25) is 0 Å². The normalized spacial score (nSPS) is 10.2. The van der Waals surface area contributed by atoms with E-state index in [1.165, 1.54) is 0 Å². The molecule has 0 saturated heterocycles. The zero-order chi connectivity index (χ0) is 14.0. The van der Waals surface area contributed by atoms with E-state index in [9.17, 15) is 10.4 Å². The number of hydrogen-bond acceptors (Lipinski definition) is 4. The summed E-state index contributed by atoms with van der Waals surface area (Å²) < 4.78 is 1.70. The average molecular weight is 256 g/mol. The van der Waals surface area contributed by atoms with Crippen LogP contribution in [0, 0.1) is 18.3 Å². The van der Waals surface area contributed by atoms with Crippen molar-refractivity contribution in [3.05, 3.63) is 35.5 Å². The maximum absolute atomic E-state index is 9.59. The van der Waals surface area contributed by atoms with E-state index in [4.69, 9.17) is 0 Å². The van der Waals surface area contributed by atoms with Crippen LogP contribution < -0.4 is 4.90 Å². The zero-order valence-corrected chi connectivity index (χ0v) is 11.3. The summed E-state index contributed by atoms with van der Waals surface area (Å²) in [6.07, 6.45) is 0. The van der Waals surface area contributed by atoms with Gasteiger partial charge in [0.2, 0.25) is 0 Å². The highest BCUT2D eigenvalue weighted by atomic mass is 16.3. The molecule has 1 N–H and O–H groups in total. The van der Waals surface area contributed by atoms with Crippen molar-refractivity contribution in [2.45, 2.75) is 13.8 Å². The molecule has 0 fully saturated rings. The molecular weight excluding hydrogens is 240 g/mol. The van der Waals surface area contributed by atoms with E-state index < -0.39 is 0 Å². The molecule has 0 unspecified atom stereocenters. The molecule has 0 amide bonds. The number of aromatic nitrogens is 2. The largest absolute Gasteiger partial charge is 0.508 e. The molecule has 0 aliphatic heterocycles. The van der Waals surface area contributed by atoms with Gasteiger partial charge in [-0.3, -0.25) is 4.68 Å². The molecule has 1 aromatic heterocycles. The second-order valence-electron chi connectivity index (χ2n) is 4.28. The number of benzene rings is 1. The highest BCUT2D eigenvalue weighted by Gasteiger charge is 2.19. The minimum Gasteiger partial charge on any atom is -0.508 e. The molecular formula is C14H16N4O. The van der Waals surface area contributed by atoms with Crippen LogP contribution in [-0.4, -0.2) is 21.4 Å². The third-order valence-corrected chi connectivity index (χ3v) is 3.02. The molecule has 0 saturated carbocycles. The van der Waals surface area contributed by atoms with Gasteiger partial charge in [0.05, 0.1) is 5.69 Å². The van der Waals surface area contributed by atoms with Crippen molar-refractivity contribution in [2.24, 2.45) is 7.05 Å². The number of anilines is 2. The van der Waals surface area contributed by atoms with Crippen molar-refractivity contribution in [3.63, 3.8) is 0 Å². The van der Waals surface area contributed by atoms with Gasteiger partial charge in [0.25, 0.3) is 0 Å². The Bertz CT molecular complexity index is 639. The quantitative estimate of drug-likeness (QED) is 0.916. The smallest absolute Gasteiger partial charge is 0.149 e. The predicted octanol–water partition coefficient (Wildman–Crippen LogP) is 2.46. The summed E-state index contributed by atoms with van der Waals surface area (Å²) in [4.78, 5) is 1.96. The Hall–Kier alpha value is -2.48. The summed E-state index contributed by atoms with van der Waals surface area (Å²) in [6.45, 7) is 4.49. The fourth-order valence-electron chi connectivity index (χ4n) is 2.20. The molecule has 0 aliphatic carbocycles. The van der Waals surface area contributed by atoms with Gasteiger partial charge in [0.15, 0.2) is 0 Å². The van der Waals surface area contributed by atoms with Crippen molar-refractivity contribution in [3.8, 4) is 11.8 Å². The van der Waals surface area contributed by atoms with Crippen molar-refractivity contribution in [1.82, 2.24) is 9.78 Å². The average Bonchev–Trinajstić information content (AvgIpc) is 2.65. The molecule has 0 aliphatic rings. The molecule has 2 rings (SSSR count). The first-order valence-electron chi connectivity index (χ1n) is 6.08. The SMILES string of the molecule is CCN(c1cccc(O)c1)c1c(C#N)c(C)nn1C. The van der Waals surface area contributed by atoms with Gasteiger partial charge in [0, 0.05) is 25.3 Å². The van der Waals surface area contributed by atoms with Gasteiger partial charge in [0.1, 0.15) is 23.2 Å². The first kappa shape index (κ1) is 13.0. The van der Waals surface area contributed by atoms with E-state index in [2.05, 4.69) is 11.2 Å². The van der Waals surface area contributed by atoms with Gasteiger partial charge < -0.3 is 10.0 Å². The Labute approximate surface area is 112 Å². The summed E-state index contributed by atoms with van der Waals surface area (Å²) in [6, 6.07) is 9.17. The standard InChI is InChI=1S/C14H16N4O/c1-4-18(11-6-5-7-12(19)8-11)14-13(9-15)10(2)16-17(14)3/h5-8,19H,4H2,1-3H3. The number of hydrogen-bond donors (Lipinski definition) is 1. The molecule has 5 nitrogen and oxygen atoms in total. The minimum atomic E-state index is 0.202. The molecule has 19 heavy (non-hydrogen) atoms. The number of aromatic hydroxyl groups is 1. The number of nitrogens with zero attached hydrogens (tertiary/aromatic N) is 4. The van der Waals surface area contributed by atoms with E-state index in [1.807, 2.05) is 31.9 Å². The third-order valence-electron chi connectivity index (χ3n) is 3.02. The molecule has 0 atom stereocenters. The van der Waals surface area contributed by atoms with E-state index in [0.29, 0.717) is 17.8 Å².